The number of aryl methyl sites for hydroxylation is 1. The van der Waals surface area contributed by atoms with Crippen molar-refractivity contribution in [3.63, 3.8) is 0 Å². The fraction of sp³-hybridized carbons (Fsp3) is 0.310. The van der Waals surface area contributed by atoms with Crippen LogP contribution in [0.5, 0.6) is 0 Å². The third-order valence-electron chi connectivity index (χ3n) is 6.14. The maximum Gasteiger partial charge on any atom is 0.243 e. The normalized spacial score (nSPS) is 12.4. The number of likely N-dealkylation sites (N-methyl/N-ethyl adjacent to an activating group) is 1. The van der Waals surface area contributed by atoms with Gasteiger partial charge in [-0.15, -0.1) is 0 Å². The van der Waals surface area contributed by atoms with E-state index in [2.05, 4.69) is 5.32 Å². The monoisotopic (exact) mass is 589 g/mol. The molecule has 0 bridgehead atoms. The highest BCUT2D eigenvalue weighted by atomic mass is 35.5. The van der Waals surface area contributed by atoms with E-state index in [0.29, 0.717) is 15.6 Å². The van der Waals surface area contributed by atoms with Crippen LogP contribution in [0, 0.1) is 6.92 Å². The number of sulfonamides is 1. The number of rotatable bonds is 11. The summed E-state index contributed by atoms with van der Waals surface area (Å²) in [6.45, 7) is 5.04. The van der Waals surface area contributed by atoms with Crippen molar-refractivity contribution >= 4 is 45.0 Å². The smallest absolute Gasteiger partial charge is 0.243 e. The summed E-state index contributed by atoms with van der Waals surface area (Å²) in [6, 6.07) is 19.6. The van der Waals surface area contributed by atoms with Gasteiger partial charge in [0, 0.05) is 36.1 Å². The number of carbonyl (C=O) groups excluding carboxylic acids is 2. The maximum absolute atomic E-state index is 13.9. The van der Waals surface area contributed by atoms with Crippen molar-refractivity contribution in [2.45, 2.75) is 50.7 Å². The third kappa shape index (κ3) is 8.29. The molecule has 1 atom stereocenters. The van der Waals surface area contributed by atoms with Gasteiger partial charge in [-0.3, -0.25) is 9.59 Å². The van der Waals surface area contributed by atoms with Crippen molar-refractivity contribution < 1.29 is 18.0 Å². The van der Waals surface area contributed by atoms with Gasteiger partial charge in [-0.05, 0) is 56.2 Å². The van der Waals surface area contributed by atoms with Crippen LogP contribution in [0.1, 0.15) is 30.5 Å². The zero-order valence-corrected chi connectivity index (χ0v) is 24.7. The first-order chi connectivity index (χ1) is 18.4. The molecule has 10 heteroatoms. The molecule has 0 aliphatic carbocycles. The quantitative estimate of drug-likeness (QED) is 0.337. The van der Waals surface area contributed by atoms with E-state index in [9.17, 15) is 18.0 Å². The first-order valence-electron chi connectivity index (χ1n) is 12.5. The van der Waals surface area contributed by atoms with Gasteiger partial charge < -0.3 is 10.2 Å². The van der Waals surface area contributed by atoms with Crippen LogP contribution in [0.4, 0.5) is 0 Å². The summed E-state index contributed by atoms with van der Waals surface area (Å²) >= 11 is 12.5. The van der Waals surface area contributed by atoms with E-state index < -0.39 is 28.5 Å². The Morgan fingerprint density at radius 1 is 0.949 bits per heavy atom. The second-order valence-electron chi connectivity index (χ2n) is 9.70. The molecule has 2 amide bonds. The molecule has 3 aromatic carbocycles. The van der Waals surface area contributed by atoms with Gasteiger partial charge in [0.1, 0.15) is 6.04 Å². The van der Waals surface area contributed by atoms with Crippen molar-refractivity contribution in [2.75, 3.05) is 13.6 Å². The van der Waals surface area contributed by atoms with E-state index in [4.69, 9.17) is 23.2 Å². The standard InChI is InChI=1S/C29H33Cl2N3O4S/c1-20(2)32-29(36)27(16-22-8-6-5-7-9-22)34(18-23-12-13-24(30)17-26(23)31)28(35)19-33(4)39(37,38)25-14-10-21(3)11-15-25/h5-15,17,20,27H,16,18-19H2,1-4H3,(H,32,36). The van der Waals surface area contributed by atoms with Gasteiger partial charge in [-0.25, -0.2) is 8.42 Å². The van der Waals surface area contributed by atoms with Crippen LogP contribution >= 0.6 is 23.2 Å². The van der Waals surface area contributed by atoms with E-state index in [-0.39, 0.29) is 29.8 Å². The average molecular weight is 591 g/mol. The lowest BCUT2D eigenvalue weighted by molar-refractivity contribution is -0.141. The summed E-state index contributed by atoms with van der Waals surface area (Å²) in [5.41, 5.74) is 2.34. The molecule has 1 unspecified atom stereocenters. The highest BCUT2D eigenvalue weighted by Gasteiger charge is 2.33. The van der Waals surface area contributed by atoms with Crippen molar-refractivity contribution in [2.24, 2.45) is 0 Å². The number of amides is 2. The van der Waals surface area contributed by atoms with E-state index in [0.717, 1.165) is 15.4 Å². The lowest BCUT2D eigenvalue weighted by Crippen LogP contribution is -2.54. The number of carbonyl (C=O) groups is 2. The summed E-state index contributed by atoms with van der Waals surface area (Å²) in [5, 5.41) is 3.67. The predicted molar refractivity (Wildman–Crippen MR) is 155 cm³/mol. The Hall–Kier alpha value is -2.91. The molecule has 3 rings (SSSR count). The minimum atomic E-state index is -3.95. The molecule has 0 saturated carbocycles. The minimum Gasteiger partial charge on any atom is -0.352 e. The molecule has 0 spiro atoms. The van der Waals surface area contributed by atoms with Crippen LogP contribution in [-0.2, 0) is 32.6 Å². The zero-order chi connectivity index (χ0) is 28.7. The highest BCUT2D eigenvalue weighted by molar-refractivity contribution is 7.89. The number of halogens is 2. The number of benzene rings is 3. The van der Waals surface area contributed by atoms with Crippen molar-refractivity contribution in [1.82, 2.24) is 14.5 Å². The van der Waals surface area contributed by atoms with Crippen LogP contribution in [-0.4, -0.2) is 55.1 Å². The lowest BCUT2D eigenvalue weighted by atomic mass is 10.0. The minimum absolute atomic E-state index is 0.0176. The SMILES string of the molecule is Cc1ccc(S(=O)(=O)N(C)CC(=O)N(Cc2ccc(Cl)cc2Cl)C(Cc2ccccc2)C(=O)NC(C)C)cc1. The second-order valence-corrected chi connectivity index (χ2v) is 12.6. The topological polar surface area (TPSA) is 86.8 Å². The van der Waals surface area contributed by atoms with Gasteiger partial charge in [0.2, 0.25) is 21.8 Å². The molecule has 3 aromatic rings. The molecule has 0 radical (unpaired) electrons. The number of nitrogens with zero attached hydrogens (tertiary/aromatic N) is 2. The molecule has 0 aromatic heterocycles. The molecular weight excluding hydrogens is 557 g/mol. The Labute approximate surface area is 240 Å². The Morgan fingerprint density at radius 3 is 2.18 bits per heavy atom. The third-order valence-corrected chi connectivity index (χ3v) is 8.55. The van der Waals surface area contributed by atoms with Crippen LogP contribution < -0.4 is 5.32 Å². The van der Waals surface area contributed by atoms with Gasteiger partial charge in [0.15, 0.2) is 0 Å². The highest BCUT2D eigenvalue weighted by Crippen LogP contribution is 2.25. The van der Waals surface area contributed by atoms with Crippen molar-refractivity contribution in [1.29, 1.82) is 0 Å². The van der Waals surface area contributed by atoms with Crippen LogP contribution in [0.25, 0.3) is 0 Å². The summed E-state index contributed by atoms with van der Waals surface area (Å²) in [6.07, 6.45) is 0.227. The van der Waals surface area contributed by atoms with Crippen molar-refractivity contribution in [3.05, 3.63) is 99.5 Å². The summed E-state index contributed by atoms with van der Waals surface area (Å²) in [7, 11) is -2.60. The molecule has 0 heterocycles. The van der Waals surface area contributed by atoms with Gasteiger partial charge >= 0.3 is 0 Å². The molecule has 7 nitrogen and oxygen atoms in total. The average Bonchev–Trinajstić information content (AvgIpc) is 2.87. The fourth-order valence-electron chi connectivity index (χ4n) is 4.02. The Bertz CT molecular complexity index is 1400. The van der Waals surface area contributed by atoms with Crippen molar-refractivity contribution in [3.8, 4) is 0 Å². The van der Waals surface area contributed by atoms with Crippen LogP contribution in [0.3, 0.4) is 0 Å². The Balaban J connectivity index is 2.00. The maximum atomic E-state index is 13.9. The van der Waals surface area contributed by atoms with Gasteiger partial charge in [-0.2, -0.15) is 4.31 Å². The molecule has 0 saturated heterocycles. The van der Waals surface area contributed by atoms with Crippen LogP contribution in [0.15, 0.2) is 77.7 Å². The molecular formula is C29H33Cl2N3O4S. The zero-order valence-electron chi connectivity index (χ0n) is 22.4. The number of nitrogens with one attached hydrogen (secondary N) is 1. The largest absolute Gasteiger partial charge is 0.352 e. The van der Waals surface area contributed by atoms with E-state index in [1.165, 1.54) is 24.1 Å². The molecule has 0 aliphatic rings. The molecule has 39 heavy (non-hydrogen) atoms. The van der Waals surface area contributed by atoms with E-state index in [1.807, 2.05) is 51.1 Å². The predicted octanol–water partition coefficient (Wildman–Crippen LogP) is 5.09. The number of hydrogen-bond acceptors (Lipinski definition) is 4. The second kappa shape index (κ2) is 13.4. The first-order valence-corrected chi connectivity index (χ1v) is 14.7. The van der Waals surface area contributed by atoms with Gasteiger partial charge in [-0.1, -0.05) is 77.3 Å². The van der Waals surface area contributed by atoms with Crippen LogP contribution in [0.2, 0.25) is 10.0 Å². The Morgan fingerprint density at radius 2 is 1.59 bits per heavy atom. The molecule has 1 N–H and O–H groups in total. The Kier molecular flexibility index (Phi) is 10.6. The summed E-state index contributed by atoms with van der Waals surface area (Å²) < 4.78 is 27.5. The molecule has 0 aliphatic heterocycles. The number of hydrogen-bond donors (Lipinski definition) is 1. The lowest BCUT2D eigenvalue weighted by Gasteiger charge is -2.33. The summed E-state index contributed by atoms with van der Waals surface area (Å²) in [4.78, 5) is 28.8. The first kappa shape index (κ1) is 30.6. The van der Waals surface area contributed by atoms with E-state index >= 15 is 0 Å². The van der Waals surface area contributed by atoms with E-state index in [1.54, 1.807) is 30.3 Å². The molecule has 208 valence electrons. The van der Waals surface area contributed by atoms with Gasteiger partial charge in [0.25, 0.3) is 0 Å². The van der Waals surface area contributed by atoms with Gasteiger partial charge in [0.05, 0.1) is 11.4 Å². The molecule has 0 fully saturated rings. The fourth-order valence-corrected chi connectivity index (χ4v) is 5.61. The summed E-state index contributed by atoms with van der Waals surface area (Å²) in [5.74, 6) is -0.893.